The van der Waals surface area contributed by atoms with E-state index in [2.05, 4.69) is 20.8 Å². The Morgan fingerprint density at radius 3 is 1.50 bits per heavy atom. The van der Waals surface area contributed by atoms with Gasteiger partial charge in [-0.2, -0.15) is 0 Å². The minimum Gasteiger partial charge on any atom is -0.303 e. The first-order chi connectivity index (χ1) is 7.30. The first-order valence-corrected chi connectivity index (χ1v) is 6.74. The van der Waals surface area contributed by atoms with Crippen molar-refractivity contribution < 1.29 is 4.79 Å². The molecule has 4 aliphatic rings. The molecule has 0 saturated heterocycles. The van der Waals surface area contributed by atoms with Gasteiger partial charge in [0.1, 0.15) is 6.29 Å². The maximum absolute atomic E-state index is 11.0. The Bertz CT molecular complexity index is 290. The highest BCUT2D eigenvalue weighted by Crippen LogP contribution is 2.74. The van der Waals surface area contributed by atoms with Crippen LogP contribution in [0, 0.1) is 21.7 Å². The van der Waals surface area contributed by atoms with E-state index in [-0.39, 0.29) is 0 Å². The SMILES string of the molecule is CC12CC3(C)CC(C)(C1)CC(CC=O)(C2)C3. The summed E-state index contributed by atoms with van der Waals surface area (Å²) in [6, 6.07) is 0. The molecule has 0 aliphatic heterocycles. The molecular formula is C15H24O. The summed E-state index contributed by atoms with van der Waals surface area (Å²) >= 11 is 0. The molecule has 0 radical (unpaired) electrons. The van der Waals surface area contributed by atoms with Gasteiger partial charge in [0, 0.05) is 6.42 Å². The van der Waals surface area contributed by atoms with E-state index in [9.17, 15) is 4.79 Å². The molecule has 4 saturated carbocycles. The van der Waals surface area contributed by atoms with Gasteiger partial charge in [0.15, 0.2) is 0 Å². The average molecular weight is 220 g/mol. The normalized spacial score (nSPS) is 58.9. The van der Waals surface area contributed by atoms with E-state index in [0.29, 0.717) is 21.7 Å². The zero-order valence-corrected chi connectivity index (χ0v) is 10.9. The van der Waals surface area contributed by atoms with Gasteiger partial charge >= 0.3 is 0 Å². The molecule has 90 valence electrons. The Hall–Kier alpha value is -0.330. The van der Waals surface area contributed by atoms with Crippen molar-refractivity contribution in [1.29, 1.82) is 0 Å². The summed E-state index contributed by atoms with van der Waals surface area (Å²) < 4.78 is 0. The smallest absolute Gasteiger partial charge is 0.120 e. The summed E-state index contributed by atoms with van der Waals surface area (Å²) in [5.74, 6) is 0. The van der Waals surface area contributed by atoms with Crippen LogP contribution in [0.15, 0.2) is 0 Å². The topological polar surface area (TPSA) is 17.1 Å². The molecule has 0 atom stereocenters. The van der Waals surface area contributed by atoms with Gasteiger partial charge < -0.3 is 4.79 Å². The van der Waals surface area contributed by atoms with Crippen LogP contribution < -0.4 is 0 Å². The second kappa shape index (κ2) is 2.73. The molecule has 1 nitrogen and oxygen atoms in total. The van der Waals surface area contributed by atoms with Gasteiger partial charge in [0.2, 0.25) is 0 Å². The van der Waals surface area contributed by atoms with Gasteiger partial charge in [-0.15, -0.1) is 0 Å². The third-order valence-corrected chi connectivity index (χ3v) is 5.48. The molecule has 0 aromatic rings. The second-order valence-electron chi connectivity index (χ2n) is 8.36. The highest BCUT2D eigenvalue weighted by molar-refractivity contribution is 5.51. The summed E-state index contributed by atoms with van der Waals surface area (Å²) in [5, 5.41) is 0. The number of carbonyl (C=O) groups excluding carboxylic acids is 1. The predicted octanol–water partition coefficient (Wildman–Crippen LogP) is 3.96. The fourth-order valence-corrected chi connectivity index (χ4v) is 6.95. The van der Waals surface area contributed by atoms with Crippen molar-refractivity contribution in [3.63, 3.8) is 0 Å². The van der Waals surface area contributed by atoms with Crippen molar-refractivity contribution in [1.82, 2.24) is 0 Å². The second-order valence-corrected chi connectivity index (χ2v) is 8.36. The third-order valence-electron chi connectivity index (χ3n) is 5.48. The molecule has 0 amide bonds. The molecule has 16 heavy (non-hydrogen) atoms. The molecule has 0 heterocycles. The number of hydrogen-bond donors (Lipinski definition) is 0. The fourth-order valence-electron chi connectivity index (χ4n) is 6.95. The first-order valence-electron chi connectivity index (χ1n) is 6.74. The number of carbonyl (C=O) groups is 1. The van der Waals surface area contributed by atoms with Gasteiger partial charge in [-0.1, -0.05) is 20.8 Å². The predicted molar refractivity (Wildman–Crippen MR) is 65.1 cm³/mol. The van der Waals surface area contributed by atoms with Crippen LogP contribution in [0.3, 0.4) is 0 Å². The van der Waals surface area contributed by atoms with Gasteiger partial charge in [0.25, 0.3) is 0 Å². The first kappa shape index (κ1) is 10.8. The zero-order chi connectivity index (χ0) is 11.7. The van der Waals surface area contributed by atoms with Crippen molar-refractivity contribution in [2.45, 2.75) is 65.7 Å². The molecule has 0 spiro atoms. The van der Waals surface area contributed by atoms with Crippen molar-refractivity contribution in [2.75, 3.05) is 0 Å². The van der Waals surface area contributed by atoms with E-state index in [1.807, 2.05) is 0 Å². The Balaban J connectivity index is 2.03. The molecular weight excluding hydrogens is 196 g/mol. The summed E-state index contributed by atoms with van der Waals surface area (Å²) in [6.45, 7) is 7.42. The maximum atomic E-state index is 11.0. The minimum absolute atomic E-state index is 0.370. The fraction of sp³-hybridized carbons (Fsp3) is 0.933. The van der Waals surface area contributed by atoms with E-state index in [0.717, 1.165) is 6.42 Å². The molecule has 4 rings (SSSR count). The van der Waals surface area contributed by atoms with Crippen LogP contribution in [-0.2, 0) is 4.79 Å². The number of hydrogen-bond acceptors (Lipinski definition) is 1. The Morgan fingerprint density at radius 1 is 0.812 bits per heavy atom. The van der Waals surface area contributed by atoms with Crippen LogP contribution in [0.4, 0.5) is 0 Å². The lowest BCUT2D eigenvalue weighted by atomic mass is 9.36. The Kier molecular flexibility index (Phi) is 1.85. The zero-order valence-electron chi connectivity index (χ0n) is 10.9. The highest BCUT2D eigenvalue weighted by Gasteiger charge is 2.63. The molecule has 0 aromatic carbocycles. The van der Waals surface area contributed by atoms with Crippen molar-refractivity contribution >= 4 is 6.29 Å². The van der Waals surface area contributed by atoms with E-state index in [1.54, 1.807) is 0 Å². The summed E-state index contributed by atoms with van der Waals surface area (Å²) in [7, 11) is 0. The lowest BCUT2D eigenvalue weighted by Gasteiger charge is -2.69. The van der Waals surface area contributed by atoms with E-state index in [1.165, 1.54) is 44.8 Å². The molecule has 0 N–H and O–H groups in total. The molecule has 1 heteroatoms. The van der Waals surface area contributed by atoms with Crippen LogP contribution in [0.5, 0.6) is 0 Å². The van der Waals surface area contributed by atoms with Crippen LogP contribution in [-0.4, -0.2) is 6.29 Å². The summed E-state index contributed by atoms with van der Waals surface area (Å²) in [6.07, 6.45) is 10.1. The minimum atomic E-state index is 0.370. The van der Waals surface area contributed by atoms with Crippen LogP contribution in [0.2, 0.25) is 0 Å². The monoisotopic (exact) mass is 220 g/mol. The highest BCUT2D eigenvalue weighted by atomic mass is 16.1. The largest absolute Gasteiger partial charge is 0.303 e. The van der Waals surface area contributed by atoms with E-state index < -0.39 is 0 Å². The van der Waals surface area contributed by atoms with E-state index in [4.69, 9.17) is 0 Å². The van der Waals surface area contributed by atoms with Crippen molar-refractivity contribution in [3.05, 3.63) is 0 Å². The molecule has 4 fully saturated rings. The van der Waals surface area contributed by atoms with Gasteiger partial charge in [-0.05, 0) is 60.2 Å². The van der Waals surface area contributed by atoms with Gasteiger partial charge in [-0.3, -0.25) is 0 Å². The van der Waals surface area contributed by atoms with Gasteiger partial charge in [-0.25, -0.2) is 0 Å². The Morgan fingerprint density at radius 2 is 1.19 bits per heavy atom. The van der Waals surface area contributed by atoms with Crippen LogP contribution >= 0.6 is 0 Å². The van der Waals surface area contributed by atoms with E-state index >= 15 is 0 Å². The molecule has 4 aliphatic carbocycles. The lowest BCUT2D eigenvalue weighted by molar-refractivity contribution is -0.184. The van der Waals surface area contributed by atoms with Crippen molar-refractivity contribution in [3.8, 4) is 0 Å². The Labute approximate surface area is 99.0 Å². The average Bonchev–Trinajstić information content (AvgIpc) is 1.91. The molecule has 0 aromatic heterocycles. The maximum Gasteiger partial charge on any atom is 0.120 e. The quantitative estimate of drug-likeness (QED) is 0.644. The molecule has 4 bridgehead atoms. The summed E-state index contributed by atoms with van der Waals surface area (Å²) in [4.78, 5) is 11.0. The third kappa shape index (κ3) is 1.39. The standard InChI is InChI=1S/C15H24O/c1-12-6-13(2)8-14(3,7-12)11-15(9-12,10-13)4-5-16/h5H,4,6-11H2,1-3H3. The van der Waals surface area contributed by atoms with Crippen LogP contribution in [0.25, 0.3) is 0 Å². The lowest BCUT2D eigenvalue weighted by Crippen LogP contribution is -2.58. The van der Waals surface area contributed by atoms with Crippen molar-refractivity contribution in [2.24, 2.45) is 21.7 Å². The summed E-state index contributed by atoms with van der Waals surface area (Å²) in [5.41, 5.74) is 1.96. The molecule has 0 unspecified atom stereocenters. The van der Waals surface area contributed by atoms with Crippen LogP contribution in [0.1, 0.15) is 65.7 Å². The number of aldehydes is 1. The van der Waals surface area contributed by atoms with Gasteiger partial charge in [0.05, 0.1) is 0 Å². The number of rotatable bonds is 2.